The fourth-order valence-electron chi connectivity index (χ4n) is 4.50. The van der Waals surface area contributed by atoms with Crippen LogP contribution in [0.1, 0.15) is 50.5 Å². The van der Waals surface area contributed by atoms with E-state index in [1.807, 2.05) is 39.0 Å². The molecule has 10 nitrogen and oxygen atoms in total. The summed E-state index contributed by atoms with van der Waals surface area (Å²) < 4.78 is 27.1. The summed E-state index contributed by atoms with van der Waals surface area (Å²) in [6.07, 6.45) is 2.35. The molecule has 3 aromatic rings. The van der Waals surface area contributed by atoms with Crippen LogP contribution in [0, 0.1) is 5.41 Å². The van der Waals surface area contributed by atoms with Crippen LogP contribution in [0.4, 0.5) is 0 Å². The van der Waals surface area contributed by atoms with Crippen LogP contribution < -0.4 is 10.6 Å². The SMILES string of the molecule is CC(C)(C)C[C@H](NC(=O)c1ccc2ccccc2n1)C(=O)NC1CCCN(S(=O)(=O)c2ccccn2)CC1=O. The Balaban J connectivity index is 1.47. The molecule has 206 valence electrons. The number of pyridine rings is 2. The fraction of sp³-hybridized carbons (Fsp3) is 0.393. The Bertz CT molecular complexity index is 1470. The van der Waals surface area contributed by atoms with Crippen molar-refractivity contribution in [3.05, 3.63) is 66.5 Å². The maximum atomic E-state index is 13.4. The summed E-state index contributed by atoms with van der Waals surface area (Å²) in [4.78, 5) is 47.9. The van der Waals surface area contributed by atoms with Gasteiger partial charge < -0.3 is 10.6 Å². The van der Waals surface area contributed by atoms with Gasteiger partial charge in [0.15, 0.2) is 10.8 Å². The summed E-state index contributed by atoms with van der Waals surface area (Å²) >= 11 is 0. The van der Waals surface area contributed by atoms with Crippen LogP contribution in [0.3, 0.4) is 0 Å². The summed E-state index contributed by atoms with van der Waals surface area (Å²) in [6.45, 7) is 5.61. The second-order valence-electron chi connectivity index (χ2n) is 10.9. The average molecular weight is 552 g/mol. The number of ketones is 1. The molecule has 1 fully saturated rings. The molecular formula is C28H33N5O5S. The number of fused-ring (bicyclic) bond motifs is 1. The molecule has 1 saturated heterocycles. The number of nitrogens with one attached hydrogen (secondary N) is 2. The van der Waals surface area contributed by atoms with Gasteiger partial charge in [-0.1, -0.05) is 51.1 Å². The normalized spacial score (nSPS) is 17.8. The van der Waals surface area contributed by atoms with Gasteiger partial charge in [-0.25, -0.2) is 18.4 Å². The Hall–Kier alpha value is -3.70. The predicted octanol–water partition coefficient (Wildman–Crippen LogP) is 2.70. The highest BCUT2D eigenvalue weighted by Crippen LogP contribution is 2.22. The maximum Gasteiger partial charge on any atom is 0.270 e. The third kappa shape index (κ3) is 7.04. The third-order valence-electron chi connectivity index (χ3n) is 6.45. The number of carbonyl (C=O) groups is 3. The van der Waals surface area contributed by atoms with Crippen LogP contribution in [0.25, 0.3) is 10.9 Å². The Morgan fingerprint density at radius 1 is 1.08 bits per heavy atom. The van der Waals surface area contributed by atoms with Crippen molar-refractivity contribution >= 4 is 38.5 Å². The number of sulfonamides is 1. The Kier molecular flexibility index (Phi) is 8.41. The Labute approximate surface area is 228 Å². The summed E-state index contributed by atoms with van der Waals surface area (Å²) in [5, 5.41) is 6.32. The summed E-state index contributed by atoms with van der Waals surface area (Å²) in [5.74, 6) is -1.42. The first-order valence-electron chi connectivity index (χ1n) is 12.8. The minimum absolute atomic E-state index is 0.129. The number of benzene rings is 1. The van der Waals surface area contributed by atoms with Crippen molar-refractivity contribution in [2.24, 2.45) is 5.41 Å². The number of nitrogens with zero attached hydrogens (tertiary/aromatic N) is 3. The topological polar surface area (TPSA) is 138 Å². The zero-order valence-electron chi connectivity index (χ0n) is 22.3. The highest BCUT2D eigenvalue weighted by Gasteiger charge is 2.35. The van der Waals surface area contributed by atoms with E-state index < -0.39 is 39.7 Å². The summed E-state index contributed by atoms with van der Waals surface area (Å²) in [5.41, 5.74) is 0.533. The van der Waals surface area contributed by atoms with E-state index >= 15 is 0 Å². The van der Waals surface area contributed by atoms with E-state index in [1.54, 1.807) is 30.3 Å². The molecule has 1 aliphatic heterocycles. The molecule has 4 rings (SSSR count). The first-order valence-corrected chi connectivity index (χ1v) is 14.3. The number of carbonyl (C=O) groups excluding carboxylic acids is 3. The lowest BCUT2D eigenvalue weighted by molar-refractivity contribution is -0.129. The second kappa shape index (κ2) is 11.6. The van der Waals surface area contributed by atoms with E-state index in [0.717, 1.165) is 9.69 Å². The fourth-order valence-corrected chi connectivity index (χ4v) is 5.88. The van der Waals surface area contributed by atoms with Gasteiger partial charge >= 0.3 is 0 Å². The lowest BCUT2D eigenvalue weighted by Crippen LogP contribution is -2.53. The molecule has 3 heterocycles. The molecule has 0 saturated carbocycles. The molecule has 0 radical (unpaired) electrons. The molecular weight excluding hydrogens is 518 g/mol. The quantitative estimate of drug-likeness (QED) is 0.460. The van der Waals surface area contributed by atoms with Crippen LogP contribution in [-0.4, -0.2) is 65.5 Å². The van der Waals surface area contributed by atoms with E-state index in [4.69, 9.17) is 0 Å². The zero-order chi connectivity index (χ0) is 28.2. The minimum atomic E-state index is -3.95. The van der Waals surface area contributed by atoms with Crippen LogP contribution in [0.15, 0.2) is 65.8 Å². The van der Waals surface area contributed by atoms with Crippen LogP contribution in [0.2, 0.25) is 0 Å². The van der Waals surface area contributed by atoms with Crippen molar-refractivity contribution in [3.8, 4) is 0 Å². The maximum absolute atomic E-state index is 13.4. The highest BCUT2D eigenvalue weighted by molar-refractivity contribution is 7.89. The molecule has 2 amide bonds. The van der Waals surface area contributed by atoms with E-state index in [1.165, 1.54) is 12.3 Å². The molecule has 0 aliphatic carbocycles. The molecule has 39 heavy (non-hydrogen) atoms. The molecule has 2 N–H and O–H groups in total. The highest BCUT2D eigenvalue weighted by atomic mass is 32.2. The average Bonchev–Trinajstić information content (AvgIpc) is 3.09. The van der Waals surface area contributed by atoms with E-state index in [-0.39, 0.29) is 35.6 Å². The van der Waals surface area contributed by atoms with Gasteiger partial charge in [0.1, 0.15) is 11.7 Å². The lowest BCUT2D eigenvalue weighted by atomic mass is 9.87. The monoisotopic (exact) mass is 551 g/mol. The summed E-state index contributed by atoms with van der Waals surface area (Å²) in [6, 6.07) is 13.6. The minimum Gasteiger partial charge on any atom is -0.344 e. The zero-order valence-corrected chi connectivity index (χ0v) is 23.1. The van der Waals surface area contributed by atoms with Crippen molar-refractivity contribution in [1.29, 1.82) is 0 Å². The number of aromatic nitrogens is 2. The van der Waals surface area contributed by atoms with E-state index in [9.17, 15) is 22.8 Å². The Morgan fingerprint density at radius 2 is 1.82 bits per heavy atom. The van der Waals surface area contributed by atoms with Gasteiger partial charge in [0, 0.05) is 18.1 Å². The first kappa shape index (κ1) is 28.3. The van der Waals surface area contributed by atoms with Crippen molar-refractivity contribution in [2.75, 3.05) is 13.1 Å². The first-order chi connectivity index (χ1) is 18.4. The molecule has 0 bridgehead atoms. The molecule has 1 aromatic carbocycles. The van der Waals surface area contributed by atoms with Gasteiger partial charge in [-0.05, 0) is 48.9 Å². The molecule has 0 spiro atoms. The van der Waals surface area contributed by atoms with Crippen molar-refractivity contribution in [2.45, 2.75) is 57.1 Å². The van der Waals surface area contributed by atoms with Gasteiger partial charge in [0.05, 0.1) is 18.1 Å². The lowest BCUT2D eigenvalue weighted by Gasteiger charge is -2.27. The van der Waals surface area contributed by atoms with Crippen molar-refractivity contribution < 1.29 is 22.8 Å². The van der Waals surface area contributed by atoms with Gasteiger partial charge in [-0.15, -0.1) is 0 Å². The number of rotatable bonds is 7. The third-order valence-corrected chi connectivity index (χ3v) is 8.21. The molecule has 1 unspecified atom stereocenters. The predicted molar refractivity (Wildman–Crippen MR) is 146 cm³/mol. The van der Waals surface area contributed by atoms with E-state index in [2.05, 4.69) is 20.6 Å². The number of hydrogen-bond donors (Lipinski definition) is 2. The van der Waals surface area contributed by atoms with Gasteiger partial charge in [-0.2, -0.15) is 4.31 Å². The number of para-hydroxylation sites is 1. The van der Waals surface area contributed by atoms with Crippen molar-refractivity contribution in [1.82, 2.24) is 24.9 Å². The Morgan fingerprint density at radius 3 is 2.54 bits per heavy atom. The second-order valence-corrected chi connectivity index (χ2v) is 12.7. The molecule has 1 aliphatic rings. The number of hydrogen-bond acceptors (Lipinski definition) is 7. The number of Topliss-reactive ketones (excluding diaryl/α,β-unsaturated/α-hetero) is 1. The summed E-state index contributed by atoms with van der Waals surface area (Å²) in [7, 11) is -3.95. The van der Waals surface area contributed by atoms with Gasteiger partial charge in [0.2, 0.25) is 5.91 Å². The smallest absolute Gasteiger partial charge is 0.270 e. The van der Waals surface area contributed by atoms with Crippen LogP contribution in [0.5, 0.6) is 0 Å². The molecule has 2 aromatic heterocycles. The van der Waals surface area contributed by atoms with Crippen LogP contribution >= 0.6 is 0 Å². The standard InChI is InChI=1S/C28H33N5O5S/c1-28(2,3)17-23(32-26(35)22-14-13-19-9-4-5-10-20(19)30-22)27(36)31-21-11-8-16-33(18-24(21)34)39(37,38)25-12-6-7-15-29-25/h4-7,9-10,12-15,21,23H,8,11,16-18H2,1-3H3,(H,31,36)(H,32,35)/t21?,23-/m0/s1. The largest absolute Gasteiger partial charge is 0.344 e. The molecule has 2 atom stereocenters. The van der Waals surface area contributed by atoms with E-state index in [0.29, 0.717) is 18.4 Å². The van der Waals surface area contributed by atoms with Crippen LogP contribution in [-0.2, 0) is 19.6 Å². The van der Waals surface area contributed by atoms with Crippen molar-refractivity contribution in [3.63, 3.8) is 0 Å². The van der Waals surface area contributed by atoms with Gasteiger partial charge in [-0.3, -0.25) is 14.4 Å². The van der Waals surface area contributed by atoms with Gasteiger partial charge in [0.25, 0.3) is 15.9 Å². The number of amides is 2. The molecule has 11 heteroatoms.